The van der Waals surface area contributed by atoms with Gasteiger partial charge in [-0.05, 0) is 43.4 Å². The van der Waals surface area contributed by atoms with Crippen LogP contribution in [-0.4, -0.2) is 53.3 Å². The number of likely N-dealkylation sites (N-methyl/N-ethyl adjacent to an activating group) is 1. The second-order valence-electron chi connectivity index (χ2n) is 10.1. The fraction of sp³-hybridized carbons (Fsp3) is 0.414. The molecule has 0 radical (unpaired) electrons. The summed E-state index contributed by atoms with van der Waals surface area (Å²) in [7, 11) is 0. The molecule has 7 heteroatoms. The summed E-state index contributed by atoms with van der Waals surface area (Å²) in [6, 6.07) is 14.3. The molecule has 0 aliphatic carbocycles. The fourth-order valence-electron chi connectivity index (χ4n) is 5.09. The minimum absolute atomic E-state index is 0.175. The van der Waals surface area contributed by atoms with Crippen molar-refractivity contribution in [2.24, 2.45) is 5.92 Å². The van der Waals surface area contributed by atoms with E-state index < -0.39 is 12.1 Å². The number of rotatable bonds is 8. The molecule has 0 saturated heterocycles. The van der Waals surface area contributed by atoms with E-state index in [1.807, 2.05) is 77.1 Å². The van der Waals surface area contributed by atoms with E-state index in [1.54, 1.807) is 9.80 Å². The largest absolute Gasteiger partial charge is 0.354 e. The average Bonchev–Trinajstić information content (AvgIpc) is 3.18. The van der Waals surface area contributed by atoms with Crippen molar-refractivity contribution in [1.29, 1.82) is 0 Å². The van der Waals surface area contributed by atoms with E-state index in [1.165, 1.54) is 0 Å². The van der Waals surface area contributed by atoms with E-state index >= 15 is 0 Å². The number of benzene rings is 2. The van der Waals surface area contributed by atoms with Crippen LogP contribution in [0, 0.1) is 19.8 Å². The van der Waals surface area contributed by atoms with Crippen LogP contribution in [0.1, 0.15) is 49.1 Å². The number of nitrogens with one attached hydrogen (secondary N) is 2. The predicted molar refractivity (Wildman–Crippen MR) is 140 cm³/mol. The Morgan fingerprint density at radius 3 is 2.47 bits per heavy atom. The number of nitrogens with zero attached hydrogens (tertiary/aromatic N) is 2. The van der Waals surface area contributed by atoms with E-state index in [2.05, 4.69) is 16.7 Å². The molecule has 7 nitrogen and oxygen atoms in total. The van der Waals surface area contributed by atoms with Gasteiger partial charge in [0.1, 0.15) is 6.04 Å². The Balaban J connectivity index is 1.72. The van der Waals surface area contributed by atoms with Crippen molar-refractivity contribution in [3.63, 3.8) is 0 Å². The topological polar surface area (TPSA) is 81.8 Å². The Bertz CT molecular complexity index is 1190. The number of hydrogen-bond acceptors (Lipinski definition) is 3. The molecule has 36 heavy (non-hydrogen) atoms. The minimum Gasteiger partial charge on any atom is -0.354 e. The highest BCUT2D eigenvalue weighted by Gasteiger charge is 2.47. The lowest BCUT2D eigenvalue weighted by Crippen LogP contribution is -2.50. The Morgan fingerprint density at radius 1 is 1.11 bits per heavy atom. The van der Waals surface area contributed by atoms with E-state index in [0.29, 0.717) is 36.7 Å². The Hall–Kier alpha value is -3.61. The SMILES string of the molecule is CCN1C(=O)N[C@H](c2ccc(C)cc2C)C2=C1CN([C@H](Cc1ccccc1)C(=O)NCC(C)C)C2=O. The summed E-state index contributed by atoms with van der Waals surface area (Å²) in [5.41, 5.74) is 5.25. The summed E-state index contributed by atoms with van der Waals surface area (Å²) < 4.78 is 0. The lowest BCUT2D eigenvalue weighted by atomic mass is 9.91. The van der Waals surface area contributed by atoms with Crippen LogP contribution < -0.4 is 10.6 Å². The third-order valence-corrected chi connectivity index (χ3v) is 6.94. The number of carbonyl (C=O) groups is 3. The number of urea groups is 1. The van der Waals surface area contributed by atoms with Crippen LogP contribution in [0.3, 0.4) is 0 Å². The van der Waals surface area contributed by atoms with Gasteiger partial charge < -0.3 is 15.5 Å². The Morgan fingerprint density at radius 2 is 1.83 bits per heavy atom. The molecule has 0 saturated carbocycles. The van der Waals surface area contributed by atoms with E-state index in [9.17, 15) is 14.4 Å². The van der Waals surface area contributed by atoms with Gasteiger partial charge in [-0.25, -0.2) is 4.79 Å². The zero-order valence-electron chi connectivity index (χ0n) is 21.8. The number of carbonyl (C=O) groups excluding carboxylic acids is 3. The van der Waals surface area contributed by atoms with Gasteiger partial charge in [-0.2, -0.15) is 0 Å². The third kappa shape index (κ3) is 5.01. The molecule has 0 bridgehead atoms. The van der Waals surface area contributed by atoms with Gasteiger partial charge in [0.2, 0.25) is 5.91 Å². The highest BCUT2D eigenvalue weighted by Crippen LogP contribution is 2.38. The fourth-order valence-corrected chi connectivity index (χ4v) is 5.09. The van der Waals surface area contributed by atoms with Gasteiger partial charge in [-0.3, -0.25) is 14.5 Å². The zero-order chi connectivity index (χ0) is 26.0. The molecule has 2 N–H and O–H groups in total. The van der Waals surface area contributed by atoms with Crippen LogP contribution in [0.5, 0.6) is 0 Å². The summed E-state index contributed by atoms with van der Waals surface area (Å²) in [4.78, 5) is 43.8. The van der Waals surface area contributed by atoms with Crippen LogP contribution in [0.15, 0.2) is 59.8 Å². The van der Waals surface area contributed by atoms with Gasteiger partial charge in [-0.1, -0.05) is 67.9 Å². The predicted octanol–water partition coefficient (Wildman–Crippen LogP) is 3.87. The maximum absolute atomic E-state index is 14.1. The molecule has 2 atom stereocenters. The maximum Gasteiger partial charge on any atom is 0.322 e. The van der Waals surface area contributed by atoms with Gasteiger partial charge in [0.05, 0.1) is 23.9 Å². The van der Waals surface area contributed by atoms with Crippen molar-refractivity contribution in [2.75, 3.05) is 19.6 Å². The molecular formula is C29H36N4O3. The Kier molecular flexibility index (Phi) is 7.48. The van der Waals surface area contributed by atoms with Crippen molar-refractivity contribution in [3.05, 3.63) is 82.1 Å². The molecule has 4 rings (SSSR count). The van der Waals surface area contributed by atoms with Crippen molar-refractivity contribution in [1.82, 2.24) is 20.4 Å². The smallest absolute Gasteiger partial charge is 0.322 e. The third-order valence-electron chi connectivity index (χ3n) is 6.94. The summed E-state index contributed by atoms with van der Waals surface area (Å²) in [5.74, 6) is -0.0848. The number of amides is 4. The van der Waals surface area contributed by atoms with Crippen LogP contribution in [0.2, 0.25) is 0 Å². The monoisotopic (exact) mass is 488 g/mol. The van der Waals surface area contributed by atoms with Gasteiger partial charge in [0, 0.05) is 19.5 Å². The zero-order valence-corrected chi connectivity index (χ0v) is 21.8. The van der Waals surface area contributed by atoms with Gasteiger partial charge in [-0.15, -0.1) is 0 Å². The maximum atomic E-state index is 14.1. The first-order chi connectivity index (χ1) is 17.2. The number of aryl methyl sites for hydroxylation is 2. The lowest BCUT2D eigenvalue weighted by molar-refractivity contribution is -0.136. The van der Waals surface area contributed by atoms with Crippen LogP contribution in [0.4, 0.5) is 4.79 Å². The van der Waals surface area contributed by atoms with Crippen molar-refractivity contribution < 1.29 is 14.4 Å². The first-order valence-corrected chi connectivity index (χ1v) is 12.7. The Labute approximate surface area is 213 Å². The first-order valence-electron chi connectivity index (χ1n) is 12.7. The number of hydrogen-bond donors (Lipinski definition) is 2. The standard InChI is InChI=1S/C29H36N4O3/c1-6-32-24-17-33(23(27(34)30-16-18(2)3)15-21-10-8-7-9-11-21)28(35)25(24)26(31-29(32)36)22-13-12-19(4)14-20(22)5/h7-14,18,23,26H,6,15-17H2,1-5H3,(H,30,34)(H,31,36)/t23-,26-/m1/s1. The molecule has 4 amide bonds. The molecular weight excluding hydrogens is 452 g/mol. The highest BCUT2D eigenvalue weighted by molar-refractivity contribution is 6.03. The molecule has 190 valence electrons. The first kappa shape index (κ1) is 25.5. The van der Waals surface area contributed by atoms with Gasteiger partial charge in [0.25, 0.3) is 5.91 Å². The summed E-state index contributed by atoms with van der Waals surface area (Å²) in [6.45, 7) is 11.2. The quantitative estimate of drug-likeness (QED) is 0.592. The normalized spacial score (nSPS) is 18.4. The molecule has 2 aromatic carbocycles. The minimum atomic E-state index is -0.683. The molecule has 2 aromatic rings. The second kappa shape index (κ2) is 10.6. The average molecular weight is 489 g/mol. The summed E-state index contributed by atoms with van der Waals surface area (Å²) >= 11 is 0. The van der Waals surface area contributed by atoms with Crippen LogP contribution in [0.25, 0.3) is 0 Å². The van der Waals surface area contributed by atoms with E-state index in [4.69, 9.17) is 0 Å². The van der Waals surface area contributed by atoms with E-state index in [-0.39, 0.29) is 24.4 Å². The van der Waals surface area contributed by atoms with Crippen molar-refractivity contribution in [2.45, 2.75) is 53.1 Å². The van der Waals surface area contributed by atoms with Crippen LogP contribution in [-0.2, 0) is 16.0 Å². The van der Waals surface area contributed by atoms with Gasteiger partial charge in [0.15, 0.2) is 0 Å². The highest BCUT2D eigenvalue weighted by atomic mass is 16.2. The van der Waals surface area contributed by atoms with Crippen molar-refractivity contribution >= 4 is 17.8 Å². The summed E-state index contributed by atoms with van der Waals surface area (Å²) in [5, 5.41) is 6.08. The lowest BCUT2D eigenvalue weighted by Gasteiger charge is -2.33. The molecule has 0 spiro atoms. The molecule has 0 aromatic heterocycles. The summed E-state index contributed by atoms with van der Waals surface area (Å²) in [6.07, 6.45) is 0.402. The molecule has 2 aliphatic heterocycles. The van der Waals surface area contributed by atoms with Crippen LogP contribution >= 0.6 is 0 Å². The van der Waals surface area contributed by atoms with Gasteiger partial charge >= 0.3 is 6.03 Å². The molecule has 2 aliphatic rings. The molecule has 0 unspecified atom stereocenters. The molecule has 0 fully saturated rings. The molecule has 2 heterocycles. The second-order valence-corrected chi connectivity index (χ2v) is 10.1. The van der Waals surface area contributed by atoms with E-state index in [0.717, 1.165) is 22.3 Å². The van der Waals surface area contributed by atoms with Crippen molar-refractivity contribution in [3.8, 4) is 0 Å².